The molecule has 0 bridgehead atoms. The summed E-state index contributed by atoms with van der Waals surface area (Å²) >= 11 is 0. The van der Waals surface area contributed by atoms with Gasteiger partial charge < -0.3 is 28.6 Å². The average molecular weight is 625 g/mol. The van der Waals surface area contributed by atoms with Crippen LogP contribution in [0.3, 0.4) is 0 Å². The van der Waals surface area contributed by atoms with Gasteiger partial charge in [0.2, 0.25) is 0 Å². The summed E-state index contributed by atoms with van der Waals surface area (Å²) in [7, 11) is 5.31. The SMILES string of the molecule is CN(C)CC=O.COCCOc1ccc(C(=O)c2ccc(OCCOC(=O)CN3C(=O)C=CC3=O)cc2)cc1.O=C/C=C\C=O. The zero-order valence-corrected chi connectivity index (χ0v) is 25.3. The number of amides is 2. The number of allylic oxidation sites excluding steroid dienone is 2. The van der Waals surface area contributed by atoms with Gasteiger partial charge in [-0.15, -0.1) is 0 Å². The minimum atomic E-state index is -0.708. The summed E-state index contributed by atoms with van der Waals surface area (Å²) in [4.78, 5) is 78.0. The fraction of sp³-hybridized carbons (Fsp3) is 0.281. The molecule has 1 heterocycles. The zero-order chi connectivity index (χ0) is 33.5. The number of methoxy groups -OCH3 is 1. The molecule has 0 spiro atoms. The average Bonchev–Trinajstić information content (AvgIpc) is 3.35. The smallest absolute Gasteiger partial charge is 0.326 e. The number of ketones is 1. The van der Waals surface area contributed by atoms with E-state index in [1.165, 1.54) is 0 Å². The largest absolute Gasteiger partial charge is 0.491 e. The Hall–Kier alpha value is -5.27. The Labute approximate surface area is 261 Å². The lowest BCUT2D eigenvalue weighted by atomic mass is 10.0. The van der Waals surface area contributed by atoms with Gasteiger partial charge in [-0.05, 0) is 74.8 Å². The third-order valence-electron chi connectivity index (χ3n) is 5.30. The molecule has 0 radical (unpaired) electrons. The quantitative estimate of drug-likeness (QED) is 0.0661. The Morgan fingerprint density at radius 3 is 1.58 bits per heavy atom. The van der Waals surface area contributed by atoms with Gasteiger partial charge in [0.05, 0.1) is 13.2 Å². The normalized spacial score (nSPS) is 11.7. The highest BCUT2D eigenvalue weighted by Gasteiger charge is 2.26. The Morgan fingerprint density at radius 1 is 0.733 bits per heavy atom. The molecule has 0 N–H and O–H groups in total. The molecular formula is C32H36N2O11. The number of nitrogens with zero attached hydrogens (tertiary/aromatic N) is 2. The zero-order valence-electron chi connectivity index (χ0n) is 25.3. The molecular weight excluding hydrogens is 588 g/mol. The summed E-state index contributed by atoms with van der Waals surface area (Å²) < 4.78 is 20.9. The predicted octanol–water partition coefficient (Wildman–Crippen LogP) is 1.48. The first-order valence-electron chi connectivity index (χ1n) is 13.5. The number of aldehydes is 3. The van der Waals surface area contributed by atoms with E-state index in [0.29, 0.717) is 55.0 Å². The van der Waals surface area contributed by atoms with Crippen molar-refractivity contribution in [1.82, 2.24) is 9.80 Å². The van der Waals surface area contributed by atoms with Crippen LogP contribution in [0, 0.1) is 0 Å². The number of benzene rings is 2. The van der Waals surface area contributed by atoms with E-state index in [-0.39, 0.29) is 19.0 Å². The van der Waals surface area contributed by atoms with Crippen molar-refractivity contribution >= 4 is 42.4 Å². The molecule has 2 amide bonds. The molecule has 2 aromatic rings. The molecule has 0 aromatic heterocycles. The monoisotopic (exact) mass is 624 g/mol. The van der Waals surface area contributed by atoms with E-state index in [1.54, 1.807) is 55.6 Å². The van der Waals surface area contributed by atoms with Gasteiger partial charge in [-0.3, -0.25) is 33.7 Å². The number of hydrogen-bond donors (Lipinski definition) is 0. The molecule has 0 saturated carbocycles. The van der Waals surface area contributed by atoms with Crippen LogP contribution in [0.1, 0.15) is 15.9 Å². The molecule has 1 aliphatic heterocycles. The van der Waals surface area contributed by atoms with Gasteiger partial charge in [0.1, 0.15) is 56.7 Å². The Morgan fingerprint density at radius 2 is 1.20 bits per heavy atom. The van der Waals surface area contributed by atoms with E-state index < -0.39 is 24.3 Å². The highest BCUT2D eigenvalue weighted by molar-refractivity contribution is 6.14. The number of ether oxygens (including phenoxy) is 4. The van der Waals surface area contributed by atoms with Crippen LogP contribution in [0.2, 0.25) is 0 Å². The molecule has 1 aliphatic rings. The van der Waals surface area contributed by atoms with Crippen molar-refractivity contribution in [3.63, 3.8) is 0 Å². The standard InChI is InChI=1S/C24H23NO8.C4H9NO.C4H4O2/c1-30-12-13-31-19-6-2-17(3-7-19)24(29)18-4-8-20(9-5-18)32-14-15-33-23(28)16-25-21(26)10-11-22(25)27;1-5(2)3-4-6;5-3-1-2-4-6/h2-11H,12-16H2,1H3;4H,3H2,1-2H3;1-4H/b;;2-1-. The summed E-state index contributed by atoms with van der Waals surface area (Å²) in [5.74, 6) is -0.787. The van der Waals surface area contributed by atoms with Crippen LogP contribution in [0.4, 0.5) is 0 Å². The molecule has 2 aromatic carbocycles. The van der Waals surface area contributed by atoms with Gasteiger partial charge >= 0.3 is 5.97 Å². The maximum Gasteiger partial charge on any atom is 0.326 e. The van der Waals surface area contributed by atoms with Crippen LogP contribution in [0.5, 0.6) is 11.5 Å². The van der Waals surface area contributed by atoms with Gasteiger partial charge in [0, 0.05) is 30.4 Å². The number of carbonyl (C=O) groups is 7. The molecule has 3 rings (SSSR count). The van der Waals surface area contributed by atoms with E-state index in [0.717, 1.165) is 35.5 Å². The molecule has 0 aliphatic carbocycles. The van der Waals surface area contributed by atoms with E-state index in [9.17, 15) is 33.6 Å². The molecule has 13 nitrogen and oxygen atoms in total. The predicted molar refractivity (Wildman–Crippen MR) is 162 cm³/mol. The van der Waals surface area contributed by atoms with Crippen molar-refractivity contribution in [2.45, 2.75) is 0 Å². The number of esters is 1. The van der Waals surface area contributed by atoms with Crippen LogP contribution in [0.25, 0.3) is 0 Å². The number of likely N-dealkylation sites (N-methyl/N-ethyl adjacent to an activating group) is 1. The first kappa shape index (κ1) is 37.8. The number of rotatable bonds is 16. The van der Waals surface area contributed by atoms with Crippen molar-refractivity contribution < 1.29 is 52.5 Å². The van der Waals surface area contributed by atoms with E-state index >= 15 is 0 Å². The maximum absolute atomic E-state index is 12.6. The number of hydrogen-bond acceptors (Lipinski definition) is 12. The molecule has 0 saturated heterocycles. The summed E-state index contributed by atoms with van der Waals surface area (Å²) in [5.41, 5.74) is 1.02. The second-order valence-electron chi connectivity index (χ2n) is 8.97. The van der Waals surface area contributed by atoms with Crippen molar-refractivity contribution in [3.05, 3.63) is 84.0 Å². The highest BCUT2D eigenvalue weighted by atomic mass is 16.6. The molecule has 45 heavy (non-hydrogen) atoms. The van der Waals surface area contributed by atoms with Gasteiger partial charge in [-0.25, -0.2) is 0 Å². The molecule has 13 heteroatoms. The topological polar surface area (TPSA) is 163 Å². The van der Waals surface area contributed by atoms with Gasteiger partial charge in [0.15, 0.2) is 5.78 Å². The number of carbonyl (C=O) groups excluding carboxylic acids is 7. The summed E-state index contributed by atoms with van der Waals surface area (Å²) in [5, 5.41) is 0. The van der Waals surface area contributed by atoms with Crippen molar-refractivity contribution in [2.75, 3.05) is 60.7 Å². The third kappa shape index (κ3) is 15.7. The van der Waals surface area contributed by atoms with Crippen LogP contribution in [0.15, 0.2) is 72.8 Å². The highest BCUT2D eigenvalue weighted by Crippen LogP contribution is 2.18. The van der Waals surface area contributed by atoms with Crippen molar-refractivity contribution in [1.29, 1.82) is 0 Å². The minimum absolute atomic E-state index is 0.0536. The Bertz CT molecular complexity index is 1290. The van der Waals surface area contributed by atoms with Gasteiger partial charge in [0.25, 0.3) is 11.8 Å². The Balaban J connectivity index is 0.000000714. The van der Waals surface area contributed by atoms with Gasteiger partial charge in [-0.2, -0.15) is 0 Å². The first-order valence-corrected chi connectivity index (χ1v) is 13.5. The lowest BCUT2D eigenvalue weighted by molar-refractivity contribution is -0.152. The van der Waals surface area contributed by atoms with Crippen LogP contribution < -0.4 is 9.47 Å². The molecule has 240 valence electrons. The van der Waals surface area contributed by atoms with Crippen LogP contribution in [-0.4, -0.2) is 113 Å². The Kier molecular flexibility index (Phi) is 18.7. The first-order chi connectivity index (χ1) is 21.7. The van der Waals surface area contributed by atoms with E-state index in [2.05, 4.69) is 0 Å². The third-order valence-corrected chi connectivity index (χ3v) is 5.30. The van der Waals surface area contributed by atoms with E-state index in [4.69, 9.17) is 18.9 Å². The fourth-order valence-electron chi connectivity index (χ4n) is 3.13. The van der Waals surface area contributed by atoms with Crippen LogP contribution >= 0.6 is 0 Å². The number of imide groups is 1. The molecule has 0 fully saturated rings. The maximum atomic E-state index is 12.6. The van der Waals surface area contributed by atoms with E-state index in [1.807, 2.05) is 19.0 Å². The summed E-state index contributed by atoms with van der Waals surface area (Å²) in [6.45, 7) is 1.02. The van der Waals surface area contributed by atoms with Gasteiger partial charge in [-0.1, -0.05) is 0 Å². The second kappa shape index (κ2) is 22.3. The van der Waals surface area contributed by atoms with Crippen molar-refractivity contribution in [2.24, 2.45) is 0 Å². The minimum Gasteiger partial charge on any atom is -0.491 e. The summed E-state index contributed by atoms with van der Waals surface area (Å²) in [6.07, 6.45) is 6.44. The van der Waals surface area contributed by atoms with Crippen molar-refractivity contribution in [3.8, 4) is 11.5 Å². The summed E-state index contributed by atoms with van der Waals surface area (Å²) in [6, 6.07) is 13.4. The fourth-order valence-corrected chi connectivity index (χ4v) is 3.13. The molecule has 0 atom stereocenters. The van der Waals surface area contributed by atoms with Crippen LogP contribution in [-0.2, 0) is 38.2 Å². The lowest BCUT2D eigenvalue weighted by Crippen LogP contribution is -2.36. The molecule has 0 unspecified atom stereocenters. The lowest BCUT2D eigenvalue weighted by Gasteiger charge is -2.13. The second-order valence-corrected chi connectivity index (χ2v) is 8.97.